The summed E-state index contributed by atoms with van der Waals surface area (Å²) >= 11 is 7.38. The third-order valence-electron chi connectivity index (χ3n) is 3.19. The molecule has 6 heteroatoms. The Balaban J connectivity index is 1.99. The molecule has 0 radical (unpaired) electrons. The number of halogens is 1. The monoisotopic (exact) mass is 345 g/mol. The van der Waals surface area contributed by atoms with Crippen molar-refractivity contribution in [2.24, 2.45) is 0 Å². The van der Waals surface area contributed by atoms with Crippen molar-refractivity contribution < 1.29 is 0 Å². The van der Waals surface area contributed by atoms with Gasteiger partial charge in [-0.05, 0) is 0 Å². The van der Waals surface area contributed by atoms with E-state index in [0.717, 1.165) is 29.2 Å². The molecule has 2 unspecified atom stereocenters. The van der Waals surface area contributed by atoms with E-state index in [1.54, 1.807) is 11.3 Å². The van der Waals surface area contributed by atoms with E-state index in [-0.39, 0.29) is 0 Å². The van der Waals surface area contributed by atoms with E-state index in [1.807, 2.05) is 0 Å². The predicted molar refractivity (Wildman–Crippen MR) is 84.4 cm³/mol. The van der Waals surface area contributed by atoms with Crippen molar-refractivity contribution in [1.82, 2.24) is 9.38 Å². The fraction of sp³-hybridized carbons (Fsp3) is 0.583. The SMILES string of the molecule is CC1CN(c2nc3sccn3c2CBr)CC(C)S1. The number of imidazole rings is 1. The highest BCUT2D eigenvalue weighted by molar-refractivity contribution is 9.08. The lowest BCUT2D eigenvalue weighted by Crippen LogP contribution is -2.41. The first-order valence-corrected chi connectivity index (χ1v) is 9.04. The molecular weight excluding hydrogens is 330 g/mol. The van der Waals surface area contributed by atoms with Crippen molar-refractivity contribution >= 4 is 49.8 Å². The molecule has 2 aromatic rings. The Bertz CT molecular complexity index is 541. The van der Waals surface area contributed by atoms with Crippen molar-refractivity contribution in [2.45, 2.75) is 29.7 Å². The number of anilines is 1. The van der Waals surface area contributed by atoms with Crippen molar-refractivity contribution in [3.63, 3.8) is 0 Å². The average Bonchev–Trinajstić information content (AvgIpc) is 2.86. The zero-order valence-corrected chi connectivity index (χ0v) is 13.7. The maximum atomic E-state index is 4.80. The molecule has 0 bridgehead atoms. The summed E-state index contributed by atoms with van der Waals surface area (Å²) in [5.74, 6) is 1.16. The largest absolute Gasteiger partial charge is 0.353 e. The van der Waals surface area contributed by atoms with Crippen LogP contribution in [0.2, 0.25) is 0 Å². The molecule has 0 spiro atoms. The van der Waals surface area contributed by atoms with E-state index in [1.165, 1.54) is 5.69 Å². The first-order chi connectivity index (χ1) is 8.69. The Morgan fingerprint density at radius 1 is 1.39 bits per heavy atom. The summed E-state index contributed by atoms with van der Waals surface area (Å²) in [6.07, 6.45) is 2.11. The molecule has 0 aromatic carbocycles. The third-order valence-corrected chi connectivity index (χ3v) is 5.70. The summed E-state index contributed by atoms with van der Waals surface area (Å²) in [4.78, 5) is 8.35. The van der Waals surface area contributed by atoms with Crippen LogP contribution in [0.5, 0.6) is 0 Å². The number of fused-ring (bicyclic) bond motifs is 1. The molecule has 2 aromatic heterocycles. The van der Waals surface area contributed by atoms with Crippen LogP contribution >= 0.6 is 39.0 Å². The van der Waals surface area contributed by atoms with Crippen molar-refractivity contribution in [2.75, 3.05) is 18.0 Å². The fourth-order valence-corrected chi connectivity index (χ4v) is 5.12. The molecule has 18 heavy (non-hydrogen) atoms. The van der Waals surface area contributed by atoms with Crippen molar-refractivity contribution in [3.8, 4) is 0 Å². The molecule has 98 valence electrons. The number of hydrogen-bond acceptors (Lipinski definition) is 4. The van der Waals surface area contributed by atoms with Crippen molar-refractivity contribution in [1.29, 1.82) is 0 Å². The smallest absolute Gasteiger partial charge is 0.195 e. The van der Waals surface area contributed by atoms with Crippen LogP contribution in [0.3, 0.4) is 0 Å². The summed E-state index contributed by atoms with van der Waals surface area (Å²) in [5, 5.41) is 4.30. The topological polar surface area (TPSA) is 20.5 Å². The van der Waals surface area contributed by atoms with Crippen LogP contribution < -0.4 is 4.90 Å². The van der Waals surface area contributed by atoms with Gasteiger partial charge in [-0.1, -0.05) is 29.8 Å². The summed E-state index contributed by atoms with van der Waals surface area (Å²) in [6.45, 7) is 6.80. The quantitative estimate of drug-likeness (QED) is 0.775. The minimum atomic E-state index is 0.677. The van der Waals surface area contributed by atoms with E-state index >= 15 is 0 Å². The van der Waals surface area contributed by atoms with Crippen LogP contribution in [0.1, 0.15) is 19.5 Å². The van der Waals surface area contributed by atoms with Crippen LogP contribution in [-0.2, 0) is 5.33 Å². The maximum absolute atomic E-state index is 4.80. The lowest BCUT2D eigenvalue weighted by Gasteiger charge is -2.35. The second kappa shape index (κ2) is 5.06. The lowest BCUT2D eigenvalue weighted by atomic mass is 10.3. The van der Waals surface area contributed by atoms with E-state index in [0.29, 0.717) is 10.5 Å². The number of rotatable bonds is 2. The van der Waals surface area contributed by atoms with Gasteiger partial charge in [0.15, 0.2) is 10.8 Å². The number of thiazole rings is 1. The zero-order valence-electron chi connectivity index (χ0n) is 10.5. The lowest BCUT2D eigenvalue weighted by molar-refractivity contribution is 0.718. The van der Waals surface area contributed by atoms with Gasteiger partial charge in [0.25, 0.3) is 0 Å². The molecule has 1 aliphatic heterocycles. The van der Waals surface area contributed by atoms with E-state index < -0.39 is 0 Å². The molecule has 0 saturated carbocycles. The Hall–Kier alpha value is -0.200. The van der Waals surface area contributed by atoms with Crippen LogP contribution in [0.4, 0.5) is 5.82 Å². The molecule has 0 amide bonds. The van der Waals surface area contributed by atoms with Crippen LogP contribution in [0.25, 0.3) is 4.96 Å². The van der Waals surface area contributed by atoms with Crippen LogP contribution in [0.15, 0.2) is 11.6 Å². The highest BCUT2D eigenvalue weighted by atomic mass is 79.9. The van der Waals surface area contributed by atoms with Gasteiger partial charge in [0, 0.05) is 40.5 Å². The Morgan fingerprint density at radius 3 is 2.78 bits per heavy atom. The molecule has 1 saturated heterocycles. The number of alkyl halides is 1. The fourth-order valence-electron chi connectivity index (χ4n) is 2.55. The average molecular weight is 346 g/mol. The summed E-state index contributed by atoms with van der Waals surface area (Å²) < 4.78 is 2.20. The number of nitrogens with zero attached hydrogens (tertiary/aromatic N) is 3. The van der Waals surface area contributed by atoms with Crippen LogP contribution in [-0.4, -0.2) is 33.0 Å². The van der Waals surface area contributed by atoms with Gasteiger partial charge in [0.2, 0.25) is 0 Å². The summed E-state index contributed by atoms with van der Waals surface area (Å²) in [5.41, 5.74) is 1.28. The summed E-state index contributed by atoms with van der Waals surface area (Å²) in [7, 11) is 0. The number of thioether (sulfide) groups is 1. The summed E-state index contributed by atoms with van der Waals surface area (Å²) in [6, 6.07) is 0. The minimum Gasteiger partial charge on any atom is -0.353 e. The van der Waals surface area contributed by atoms with Gasteiger partial charge in [-0.2, -0.15) is 11.8 Å². The van der Waals surface area contributed by atoms with Gasteiger partial charge >= 0.3 is 0 Å². The first kappa shape index (κ1) is 12.8. The maximum Gasteiger partial charge on any atom is 0.195 e. The molecule has 1 fully saturated rings. The minimum absolute atomic E-state index is 0.677. The second-order valence-electron chi connectivity index (χ2n) is 4.73. The third kappa shape index (κ3) is 2.18. The number of aromatic nitrogens is 2. The molecule has 3 rings (SSSR count). The van der Waals surface area contributed by atoms with Gasteiger partial charge in [0.1, 0.15) is 0 Å². The molecule has 3 heterocycles. The molecule has 1 aliphatic rings. The molecular formula is C12H16BrN3S2. The number of hydrogen-bond donors (Lipinski definition) is 0. The van der Waals surface area contributed by atoms with Crippen LogP contribution in [0, 0.1) is 0 Å². The Kier molecular flexibility index (Phi) is 3.60. The molecule has 3 nitrogen and oxygen atoms in total. The first-order valence-electron chi connectivity index (χ1n) is 6.10. The molecule has 2 atom stereocenters. The molecule has 0 N–H and O–H groups in total. The van der Waals surface area contributed by atoms with Gasteiger partial charge in [0.05, 0.1) is 5.69 Å². The van der Waals surface area contributed by atoms with Gasteiger partial charge in [-0.3, -0.25) is 4.40 Å². The van der Waals surface area contributed by atoms with Gasteiger partial charge in [-0.15, -0.1) is 11.3 Å². The van der Waals surface area contributed by atoms with E-state index in [4.69, 9.17) is 4.98 Å². The second-order valence-corrected chi connectivity index (χ2v) is 8.05. The predicted octanol–water partition coefficient (Wildman–Crippen LogP) is 3.62. The highest BCUT2D eigenvalue weighted by Gasteiger charge is 2.26. The Labute approximate surface area is 124 Å². The Morgan fingerprint density at radius 2 is 2.11 bits per heavy atom. The highest BCUT2D eigenvalue weighted by Crippen LogP contribution is 2.32. The van der Waals surface area contributed by atoms with Gasteiger partial charge < -0.3 is 4.90 Å². The zero-order chi connectivity index (χ0) is 12.7. The molecule has 0 aliphatic carbocycles. The van der Waals surface area contributed by atoms with Crippen molar-refractivity contribution in [3.05, 3.63) is 17.3 Å². The normalized spacial score (nSPS) is 24.9. The van der Waals surface area contributed by atoms with E-state index in [2.05, 4.69) is 62.4 Å². The van der Waals surface area contributed by atoms with E-state index in [9.17, 15) is 0 Å². The standard InChI is InChI=1S/C12H16BrN3S2/c1-8-6-15(7-9(2)18-8)11-10(5-13)16-3-4-17-12(16)14-11/h3-4,8-9H,5-7H2,1-2H3. The van der Waals surface area contributed by atoms with Gasteiger partial charge in [-0.25, -0.2) is 4.98 Å².